The molecular formula is C17H16ClF4N3O4S. The summed E-state index contributed by atoms with van der Waals surface area (Å²) < 4.78 is 53.1. The van der Waals surface area contributed by atoms with Gasteiger partial charge in [0, 0.05) is 11.0 Å². The molecule has 1 atom stereocenters. The highest BCUT2D eigenvalue weighted by Crippen LogP contribution is 2.40. The minimum atomic E-state index is -5.09. The molecule has 3 N–H and O–H groups in total. The summed E-state index contributed by atoms with van der Waals surface area (Å²) in [6.45, 7) is 4.93. The largest absolute Gasteiger partial charge is 0.480 e. The van der Waals surface area contributed by atoms with E-state index in [4.69, 9.17) is 17.4 Å². The maximum Gasteiger partial charge on any atom is 0.433 e. The molecule has 7 nitrogen and oxygen atoms in total. The highest BCUT2D eigenvalue weighted by Gasteiger charge is 2.36. The van der Waals surface area contributed by atoms with E-state index in [1.54, 1.807) is 20.8 Å². The first-order chi connectivity index (χ1) is 13.6. The third kappa shape index (κ3) is 4.64. The van der Waals surface area contributed by atoms with Gasteiger partial charge in [0.25, 0.3) is 5.56 Å². The van der Waals surface area contributed by atoms with E-state index >= 15 is 0 Å². The first-order valence-corrected chi connectivity index (χ1v) is 9.41. The van der Waals surface area contributed by atoms with Crippen LogP contribution in [0.25, 0.3) is 5.69 Å². The number of nitrogen functional groups attached to an aromatic ring is 1. The minimum absolute atomic E-state index is 0.00478. The molecule has 0 saturated heterocycles. The number of carbonyl (C=O) groups is 1. The van der Waals surface area contributed by atoms with Crippen LogP contribution < -0.4 is 17.1 Å². The molecule has 0 amide bonds. The molecule has 0 aliphatic heterocycles. The zero-order valence-electron chi connectivity index (χ0n) is 15.8. The first-order valence-electron chi connectivity index (χ1n) is 8.16. The molecule has 0 bridgehead atoms. The van der Waals surface area contributed by atoms with E-state index in [-0.39, 0.29) is 25.2 Å². The van der Waals surface area contributed by atoms with Gasteiger partial charge in [0.05, 0.1) is 10.7 Å². The Bertz CT molecular complexity index is 1120. The molecule has 1 aromatic carbocycles. The molecule has 0 aliphatic carbocycles. The SMILES string of the molecule is CC(C)(C)C(Sc1cc(-n2c(=O)cc(C(F)(F)F)n(N)c2=O)c(F)cc1Cl)C(=O)O. The van der Waals surface area contributed by atoms with Crippen LogP contribution in [0.5, 0.6) is 0 Å². The summed E-state index contributed by atoms with van der Waals surface area (Å²) in [6, 6.07) is 1.70. The van der Waals surface area contributed by atoms with Gasteiger partial charge in [-0.1, -0.05) is 32.4 Å². The number of thioether (sulfide) groups is 1. The highest BCUT2D eigenvalue weighted by atomic mass is 35.5. The Morgan fingerprint density at radius 1 is 1.20 bits per heavy atom. The number of carboxylic acid groups (broad SMARTS) is 1. The second-order valence-corrected chi connectivity index (χ2v) is 8.84. The van der Waals surface area contributed by atoms with Gasteiger partial charge in [-0.2, -0.15) is 13.2 Å². The standard InChI is InChI=1S/C17H16ClF4N3O4S/c1-16(2,3)13(14(27)28)30-10-5-9(8(19)4-7(10)18)24-12(26)6-11(17(20,21)22)25(23)15(24)29/h4-6,13H,23H2,1-3H3,(H,27,28). The van der Waals surface area contributed by atoms with Crippen LogP contribution in [0.4, 0.5) is 17.6 Å². The Labute approximate surface area is 176 Å². The average molecular weight is 470 g/mol. The summed E-state index contributed by atoms with van der Waals surface area (Å²) in [5.41, 5.74) is -6.31. The Morgan fingerprint density at radius 3 is 2.23 bits per heavy atom. The van der Waals surface area contributed by atoms with E-state index in [0.717, 1.165) is 23.9 Å². The van der Waals surface area contributed by atoms with Crippen LogP contribution in [0.15, 0.2) is 32.7 Å². The zero-order chi connectivity index (χ0) is 23.2. The fourth-order valence-electron chi connectivity index (χ4n) is 2.50. The predicted octanol–water partition coefficient (Wildman–Crippen LogP) is 3.12. The zero-order valence-corrected chi connectivity index (χ0v) is 17.3. The summed E-state index contributed by atoms with van der Waals surface area (Å²) in [7, 11) is 0. The van der Waals surface area contributed by atoms with Crippen molar-refractivity contribution in [3.8, 4) is 5.69 Å². The first kappa shape index (κ1) is 23.8. The van der Waals surface area contributed by atoms with Gasteiger partial charge in [0.15, 0.2) is 5.69 Å². The lowest BCUT2D eigenvalue weighted by Crippen LogP contribution is -2.45. The molecule has 2 aromatic rings. The van der Waals surface area contributed by atoms with E-state index in [1.807, 2.05) is 0 Å². The average Bonchev–Trinajstić information content (AvgIpc) is 2.56. The van der Waals surface area contributed by atoms with Gasteiger partial charge in [0.1, 0.15) is 11.1 Å². The van der Waals surface area contributed by atoms with Crippen molar-refractivity contribution in [2.45, 2.75) is 37.1 Å². The lowest BCUT2D eigenvalue weighted by atomic mass is 9.92. The third-order valence-electron chi connectivity index (χ3n) is 3.93. The molecule has 0 saturated carbocycles. The summed E-state index contributed by atoms with van der Waals surface area (Å²) in [5, 5.41) is 8.21. The Morgan fingerprint density at radius 2 is 1.77 bits per heavy atom. The van der Waals surface area contributed by atoms with E-state index < -0.39 is 51.3 Å². The van der Waals surface area contributed by atoms with E-state index in [2.05, 4.69) is 0 Å². The monoisotopic (exact) mass is 469 g/mol. The van der Waals surface area contributed by atoms with Gasteiger partial charge >= 0.3 is 17.8 Å². The molecular weight excluding hydrogens is 454 g/mol. The molecule has 164 valence electrons. The number of rotatable bonds is 4. The van der Waals surface area contributed by atoms with Crippen molar-refractivity contribution in [3.05, 3.63) is 55.6 Å². The van der Waals surface area contributed by atoms with Crippen LogP contribution in [-0.2, 0) is 11.0 Å². The number of hydrogen-bond donors (Lipinski definition) is 2. The van der Waals surface area contributed by atoms with Crippen LogP contribution >= 0.6 is 23.4 Å². The maximum atomic E-state index is 14.5. The quantitative estimate of drug-likeness (QED) is 0.405. The van der Waals surface area contributed by atoms with Crippen molar-refractivity contribution in [2.75, 3.05) is 5.84 Å². The molecule has 0 aliphatic rings. The van der Waals surface area contributed by atoms with E-state index in [0.29, 0.717) is 0 Å². The van der Waals surface area contributed by atoms with Gasteiger partial charge in [-0.15, -0.1) is 11.8 Å². The Hall–Kier alpha value is -2.47. The van der Waals surface area contributed by atoms with Crippen molar-refractivity contribution >= 4 is 29.3 Å². The van der Waals surface area contributed by atoms with Crippen molar-refractivity contribution in [3.63, 3.8) is 0 Å². The van der Waals surface area contributed by atoms with Gasteiger partial charge in [-0.05, 0) is 17.5 Å². The van der Waals surface area contributed by atoms with E-state index in [9.17, 15) is 37.1 Å². The number of nitrogens with two attached hydrogens (primary N) is 1. The van der Waals surface area contributed by atoms with Gasteiger partial charge in [0.2, 0.25) is 0 Å². The number of hydrogen-bond acceptors (Lipinski definition) is 5. The number of halogens is 5. The number of alkyl halides is 3. The minimum Gasteiger partial charge on any atom is -0.480 e. The van der Waals surface area contributed by atoms with Crippen LogP contribution in [0, 0.1) is 11.2 Å². The van der Waals surface area contributed by atoms with Crippen LogP contribution in [-0.4, -0.2) is 25.6 Å². The topological polar surface area (TPSA) is 107 Å². The lowest BCUT2D eigenvalue weighted by molar-refractivity contribution is -0.143. The van der Waals surface area contributed by atoms with E-state index in [1.165, 1.54) is 0 Å². The summed E-state index contributed by atoms with van der Waals surface area (Å²) in [6.07, 6.45) is -5.09. The smallest absolute Gasteiger partial charge is 0.433 e. The second-order valence-electron chi connectivity index (χ2n) is 7.29. The fraction of sp³-hybridized carbons (Fsp3) is 0.353. The van der Waals surface area contributed by atoms with Crippen molar-refractivity contribution in [1.82, 2.24) is 9.24 Å². The van der Waals surface area contributed by atoms with Crippen LogP contribution in [0.3, 0.4) is 0 Å². The molecule has 0 fully saturated rings. The second kappa shape index (κ2) is 7.99. The van der Waals surface area contributed by atoms with Crippen LogP contribution in [0.2, 0.25) is 5.02 Å². The normalized spacial score (nSPS) is 13.3. The Kier molecular flexibility index (Phi) is 6.34. The molecule has 30 heavy (non-hydrogen) atoms. The summed E-state index contributed by atoms with van der Waals surface area (Å²) >= 11 is 6.72. The lowest BCUT2D eigenvalue weighted by Gasteiger charge is -2.27. The number of benzene rings is 1. The molecule has 1 aromatic heterocycles. The number of carboxylic acids is 1. The molecule has 0 spiro atoms. The predicted molar refractivity (Wildman–Crippen MR) is 103 cm³/mol. The van der Waals surface area contributed by atoms with Crippen molar-refractivity contribution < 1.29 is 27.5 Å². The Balaban J connectivity index is 2.73. The molecule has 13 heteroatoms. The summed E-state index contributed by atoms with van der Waals surface area (Å²) in [5.74, 6) is 2.79. The van der Waals surface area contributed by atoms with Crippen LogP contribution in [0.1, 0.15) is 26.5 Å². The maximum absolute atomic E-state index is 14.5. The fourth-order valence-corrected chi connectivity index (χ4v) is 3.84. The molecule has 2 rings (SSSR count). The summed E-state index contributed by atoms with van der Waals surface area (Å²) in [4.78, 5) is 36.1. The molecule has 0 radical (unpaired) electrons. The number of aromatic nitrogens is 2. The number of nitrogens with zero attached hydrogens (tertiary/aromatic N) is 2. The molecule has 1 unspecified atom stereocenters. The molecule has 1 heterocycles. The third-order valence-corrected chi connectivity index (χ3v) is 6.09. The van der Waals surface area contributed by atoms with Gasteiger partial charge in [-0.3, -0.25) is 9.59 Å². The van der Waals surface area contributed by atoms with Crippen molar-refractivity contribution in [1.29, 1.82) is 0 Å². The van der Waals surface area contributed by atoms with Gasteiger partial charge < -0.3 is 10.9 Å². The highest BCUT2D eigenvalue weighted by molar-refractivity contribution is 8.00. The van der Waals surface area contributed by atoms with Crippen molar-refractivity contribution in [2.24, 2.45) is 5.41 Å². The number of aliphatic carboxylic acids is 1. The van der Waals surface area contributed by atoms with Gasteiger partial charge in [-0.25, -0.2) is 18.4 Å².